The van der Waals surface area contributed by atoms with Gasteiger partial charge in [-0.1, -0.05) is 127 Å². The maximum atomic E-state index is 6.52. The molecule has 59 heavy (non-hydrogen) atoms. The molecule has 13 rings (SSSR count). The fraction of sp³-hybridized carbons (Fsp3) is 0. The first-order valence-corrected chi connectivity index (χ1v) is 20.0. The van der Waals surface area contributed by atoms with Gasteiger partial charge < -0.3 is 13.6 Å². The van der Waals surface area contributed by atoms with E-state index in [1.807, 2.05) is 24.3 Å². The van der Waals surface area contributed by atoms with Crippen LogP contribution in [-0.4, -0.2) is 19.1 Å². The first kappa shape index (κ1) is 32.1. The monoisotopic (exact) mass is 752 g/mol. The number of hydrogen-bond acceptors (Lipinski definition) is 3. The molecule has 0 atom stereocenters. The summed E-state index contributed by atoms with van der Waals surface area (Å²) in [4.78, 5) is 10.2. The quantitative estimate of drug-likeness (QED) is 0.180. The van der Waals surface area contributed by atoms with Gasteiger partial charge in [-0.25, -0.2) is 9.97 Å². The lowest BCUT2D eigenvalue weighted by atomic mass is 10.1. The Morgan fingerprint density at radius 2 is 1.12 bits per heavy atom. The summed E-state index contributed by atoms with van der Waals surface area (Å²) < 4.78 is 11.4. The van der Waals surface area contributed by atoms with Crippen LogP contribution < -0.4 is 0 Å². The Hall–Kier alpha value is -8.02. The Morgan fingerprint density at radius 3 is 2.00 bits per heavy atom. The van der Waals surface area contributed by atoms with Crippen LogP contribution in [0, 0.1) is 0 Å². The number of rotatable bonds is 4. The summed E-state index contributed by atoms with van der Waals surface area (Å²) in [7, 11) is 0. The Balaban J connectivity index is 1.07. The highest BCUT2D eigenvalue weighted by atomic mass is 16.3. The van der Waals surface area contributed by atoms with Crippen LogP contribution in [0.5, 0.6) is 0 Å². The Morgan fingerprint density at radius 1 is 0.390 bits per heavy atom. The average Bonchev–Trinajstić information content (AvgIpc) is 3.95. The molecular weight excluding hydrogens is 721 g/mol. The van der Waals surface area contributed by atoms with Crippen LogP contribution in [0.2, 0.25) is 0 Å². The van der Waals surface area contributed by atoms with Crippen molar-refractivity contribution in [3.8, 4) is 34.0 Å². The van der Waals surface area contributed by atoms with Crippen molar-refractivity contribution in [3.05, 3.63) is 194 Å². The minimum Gasteiger partial charge on any atom is -0.456 e. The summed E-state index contributed by atoms with van der Waals surface area (Å²) in [5, 5.41) is 10.5. The van der Waals surface area contributed by atoms with Gasteiger partial charge in [0.2, 0.25) is 0 Å². The molecule has 4 aromatic heterocycles. The highest BCUT2D eigenvalue weighted by Crippen LogP contribution is 2.45. The molecule has 0 unspecified atom stereocenters. The van der Waals surface area contributed by atoms with Crippen molar-refractivity contribution in [2.24, 2.45) is 0 Å². The normalized spacial score (nSPS) is 12.1. The number of furan rings is 1. The smallest absolute Gasteiger partial charge is 0.160 e. The van der Waals surface area contributed by atoms with Crippen molar-refractivity contribution in [2.45, 2.75) is 0 Å². The lowest BCUT2D eigenvalue weighted by Crippen LogP contribution is -1.97. The van der Waals surface area contributed by atoms with E-state index in [0.717, 1.165) is 77.6 Å². The van der Waals surface area contributed by atoms with Crippen molar-refractivity contribution < 1.29 is 4.42 Å². The highest BCUT2D eigenvalue weighted by molar-refractivity contribution is 6.28. The molecule has 5 heteroatoms. The van der Waals surface area contributed by atoms with E-state index >= 15 is 0 Å². The van der Waals surface area contributed by atoms with E-state index in [4.69, 9.17) is 14.4 Å². The zero-order valence-electron chi connectivity index (χ0n) is 31.7. The number of aromatic nitrogens is 4. The SMILES string of the molecule is c1ccc(-c2nc(-c3ccc(-n4c5ccccc5c5c4ccc4c6cc7c(cc6n(-c6cccc8ccccc68)c45)oc4ccccc47)cc3)nc3ccccc23)cc1. The minimum atomic E-state index is 0.705. The van der Waals surface area contributed by atoms with Gasteiger partial charge >= 0.3 is 0 Å². The predicted octanol–water partition coefficient (Wildman–Crippen LogP) is 14.2. The standard InChI is InChI=1S/C54H32N4O/c1-2-14-34(15-3-1)52-40-19-6-9-21-44(40)55-54(56-52)35-25-27-36(28-26-35)57-46-22-10-7-20-41(46)51-47(57)30-29-39-42-31-43-38-18-8-11-24-49(38)59-50(43)32-48(42)58(53(39)51)45-23-12-16-33-13-4-5-17-37(33)45/h1-32H. The Kier molecular flexibility index (Phi) is 6.66. The summed E-state index contributed by atoms with van der Waals surface area (Å²) in [6.07, 6.45) is 0. The molecule has 9 aromatic carbocycles. The van der Waals surface area contributed by atoms with Crippen molar-refractivity contribution in [2.75, 3.05) is 0 Å². The summed E-state index contributed by atoms with van der Waals surface area (Å²) in [6.45, 7) is 0. The molecular formula is C54H32N4O. The third-order valence-corrected chi connectivity index (χ3v) is 12.1. The highest BCUT2D eigenvalue weighted by Gasteiger charge is 2.23. The van der Waals surface area contributed by atoms with E-state index in [1.54, 1.807) is 0 Å². The first-order valence-electron chi connectivity index (χ1n) is 20.0. The van der Waals surface area contributed by atoms with Gasteiger partial charge in [-0.05, 0) is 66.0 Å². The maximum Gasteiger partial charge on any atom is 0.160 e. The zero-order chi connectivity index (χ0) is 38.6. The summed E-state index contributed by atoms with van der Waals surface area (Å²) in [6, 6.07) is 68.9. The second kappa shape index (κ2) is 12.2. The predicted molar refractivity (Wildman–Crippen MR) is 244 cm³/mol. The molecule has 0 spiro atoms. The molecule has 0 radical (unpaired) electrons. The van der Waals surface area contributed by atoms with E-state index in [9.17, 15) is 0 Å². The molecule has 0 saturated heterocycles. The van der Waals surface area contributed by atoms with Crippen LogP contribution in [0.4, 0.5) is 0 Å². The minimum absolute atomic E-state index is 0.705. The van der Waals surface area contributed by atoms with Gasteiger partial charge in [-0.3, -0.25) is 0 Å². The van der Waals surface area contributed by atoms with Crippen LogP contribution in [-0.2, 0) is 0 Å². The molecule has 274 valence electrons. The summed E-state index contributed by atoms with van der Waals surface area (Å²) >= 11 is 0. The first-order chi connectivity index (χ1) is 29.3. The molecule has 0 aliphatic heterocycles. The number of para-hydroxylation sites is 3. The van der Waals surface area contributed by atoms with E-state index in [1.165, 1.54) is 37.8 Å². The molecule has 0 aliphatic carbocycles. The fourth-order valence-corrected chi connectivity index (χ4v) is 9.49. The molecule has 5 nitrogen and oxygen atoms in total. The molecule has 0 aliphatic rings. The fourth-order valence-electron chi connectivity index (χ4n) is 9.49. The lowest BCUT2D eigenvalue weighted by molar-refractivity contribution is 0.669. The van der Waals surface area contributed by atoms with Gasteiger partial charge in [-0.2, -0.15) is 0 Å². The second-order valence-electron chi connectivity index (χ2n) is 15.3. The second-order valence-corrected chi connectivity index (χ2v) is 15.3. The van der Waals surface area contributed by atoms with Gasteiger partial charge in [0, 0.05) is 66.0 Å². The van der Waals surface area contributed by atoms with E-state index in [2.05, 4.69) is 179 Å². The van der Waals surface area contributed by atoms with Gasteiger partial charge in [0.15, 0.2) is 5.82 Å². The van der Waals surface area contributed by atoms with Crippen molar-refractivity contribution >= 4 is 87.2 Å². The number of nitrogens with zero attached hydrogens (tertiary/aromatic N) is 4. The van der Waals surface area contributed by atoms with E-state index < -0.39 is 0 Å². The van der Waals surface area contributed by atoms with Crippen molar-refractivity contribution in [3.63, 3.8) is 0 Å². The number of hydrogen-bond donors (Lipinski definition) is 0. The topological polar surface area (TPSA) is 48.8 Å². The molecule has 0 N–H and O–H groups in total. The van der Waals surface area contributed by atoms with Gasteiger partial charge in [0.05, 0.1) is 39.0 Å². The van der Waals surface area contributed by atoms with Crippen molar-refractivity contribution in [1.29, 1.82) is 0 Å². The van der Waals surface area contributed by atoms with Crippen LogP contribution in [0.15, 0.2) is 199 Å². The third-order valence-electron chi connectivity index (χ3n) is 12.1. The zero-order valence-corrected chi connectivity index (χ0v) is 31.7. The maximum absolute atomic E-state index is 6.52. The van der Waals surface area contributed by atoms with Crippen LogP contribution in [0.25, 0.3) is 121 Å². The molecule has 13 aromatic rings. The number of benzene rings is 9. The molecule has 0 bridgehead atoms. The summed E-state index contributed by atoms with van der Waals surface area (Å²) in [5.41, 5.74) is 12.5. The molecule has 0 fully saturated rings. The van der Waals surface area contributed by atoms with Crippen LogP contribution in [0.3, 0.4) is 0 Å². The lowest BCUT2D eigenvalue weighted by Gasteiger charge is -2.13. The molecule has 0 saturated carbocycles. The molecule has 0 amide bonds. The molecule has 4 heterocycles. The van der Waals surface area contributed by atoms with E-state index in [-0.39, 0.29) is 0 Å². The van der Waals surface area contributed by atoms with Crippen molar-refractivity contribution in [1.82, 2.24) is 19.1 Å². The number of fused-ring (bicyclic) bond motifs is 12. The third kappa shape index (κ3) is 4.67. The Bertz CT molecular complexity index is 3830. The summed E-state index contributed by atoms with van der Waals surface area (Å²) in [5.74, 6) is 0.705. The largest absolute Gasteiger partial charge is 0.456 e. The van der Waals surface area contributed by atoms with Gasteiger partial charge in [0.25, 0.3) is 0 Å². The van der Waals surface area contributed by atoms with E-state index in [0.29, 0.717) is 5.82 Å². The Labute approximate surface area is 337 Å². The van der Waals surface area contributed by atoms with Crippen LogP contribution >= 0.6 is 0 Å². The van der Waals surface area contributed by atoms with Gasteiger partial charge in [-0.15, -0.1) is 0 Å². The van der Waals surface area contributed by atoms with Crippen LogP contribution in [0.1, 0.15) is 0 Å². The average molecular weight is 753 g/mol. The van der Waals surface area contributed by atoms with Gasteiger partial charge in [0.1, 0.15) is 11.2 Å².